The van der Waals surface area contributed by atoms with Gasteiger partial charge in [-0.25, -0.2) is 4.98 Å². The van der Waals surface area contributed by atoms with E-state index >= 15 is 0 Å². The molecule has 2 N–H and O–H groups in total. The minimum absolute atomic E-state index is 0.0416. The van der Waals surface area contributed by atoms with Gasteiger partial charge >= 0.3 is 0 Å². The van der Waals surface area contributed by atoms with Crippen LogP contribution in [0, 0.1) is 0 Å². The second-order valence-corrected chi connectivity index (χ2v) is 5.66. The summed E-state index contributed by atoms with van der Waals surface area (Å²) in [6, 6.07) is 9.00. The monoisotopic (exact) mass is 290 g/mol. The summed E-state index contributed by atoms with van der Waals surface area (Å²) in [5.74, 6) is -0.286. The van der Waals surface area contributed by atoms with Crippen molar-refractivity contribution >= 4 is 28.4 Å². The Kier molecular flexibility index (Phi) is 3.36. The van der Waals surface area contributed by atoms with Gasteiger partial charge in [-0.05, 0) is 31.4 Å². The molecule has 1 aliphatic rings. The van der Waals surface area contributed by atoms with E-state index in [9.17, 15) is 9.90 Å². The van der Waals surface area contributed by atoms with E-state index in [1.54, 1.807) is 6.07 Å². The Morgan fingerprint density at radius 2 is 2.15 bits per heavy atom. The number of aliphatic hydroxyl groups is 1. The van der Waals surface area contributed by atoms with Gasteiger partial charge < -0.3 is 10.4 Å². The van der Waals surface area contributed by atoms with Crippen LogP contribution in [0.4, 0.5) is 0 Å². The molecule has 5 heteroatoms. The molecular formula is C15H15ClN2O2. The molecule has 0 spiro atoms. The van der Waals surface area contributed by atoms with Gasteiger partial charge in [-0.1, -0.05) is 29.8 Å². The highest BCUT2D eigenvalue weighted by Gasteiger charge is 2.38. The van der Waals surface area contributed by atoms with Crippen LogP contribution in [-0.2, 0) is 0 Å². The first-order valence-electron chi connectivity index (χ1n) is 6.62. The quantitative estimate of drug-likeness (QED) is 0.913. The predicted molar refractivity (Wildman–Crippen MR) is 77.9 cm³/mol. The van der Waals surface area contributed by atoms with Crippen molar-refractivity contribution in [3.05, 3.63) is 41.0 Å². The van der Waals surface area contributed by atoms with Crippen molar-refractivity contribution in [2.75, 3.05) is 6.61 Å². The van der Waals surface area contributed by atoms with Crippen molar-refractivity contribution in [1.29, 1.82) is 0 Å². The number of aromatic nitrogens is 1. The Bertz CT molecular complexity index is 662. The fourth-order valence-electron chi connectivity index (χ4n) is 2.48. The molecule has 1 aromatic carbocycles. The summed E-state index contributed by atoms with van der Waals surface area (Å²) in [7, 11) is 0. The fraction of sp³-hybridized carbons (Fsp3) is 0.333. The molecular weight excluding hydrogens is 276 g/mol. The first-order chi connectivity index (χ1) is 9.63. The van der Waals surface area contributed by atoms with Crippen LogP contribution >= 0.6 is 11.6 Å². The summed E-state index contributed by atoms with van der Waals surface area (Å²) < 4.78 is 0. The fourth-order valence-corrected chi connectivity index (χ4v) is 2.74. The number of aliphatic hydroxyl groups excluding tert-OH is 1. The molecule has 0 unspecified atom stereocenters. The van der Waals surface area contributed by atoms with Gasteiger partial charge in [0.1, 0.15) is 5.69 Å². The number of halogens is 1. The molecule has 1 amide bonds. The van der Waals surface area contributed by atoms with Gasteiger partial charge in [0.05, 0.1) is 22.7 Å². The van der Waals surface area contributed by atoms with E-state index in [0.717, 1.165) is 24.6 Å². The first kappa shape index (κ1) is 13.3. The highest BCUT2D eigenvalue weighted by atomic mass is 35.5. The second kappa shape index (κ2) is 5.04. The number of pyridine rings is 1. The van der Waals surface area contributed by atoms with Gasteiger partial charge in [0.15, 0.2) is 0 Å². The number of nitrogens with one attached hydrogen (secondary N) is 1. The highest BCUT2D eigenvalue weighted by Crippen LogP contribution is 2.31. The minimum Gasteiger partial charge on any atom is -0.394 e. The summed E-state index contributed by atoms with van der Waals surface area (Å²) in [6.45, 7) is -0.0416. The molecule has 1 aliphatic carbocycles. The Labute approximate surface area is 121 Å². The number of fused-ring (bicyclic) bond motifs is 1. The van der Waals surface area contributed by atoms with Crippen molar-refractivity contribution in [3.8, 4) is 0 Å². The van der Waals surface area contributed by atoms with Crippen LogP contribution in [0.15, 0.2) is 30.3 Å². The lowest BCUT2D eigenvalue weighted by Crippen LogP contribution is -2.56. The van der Waals surface area contributed by atoms with E-state index in [4.69, 9.17) is 11.6 Å². The van der Waals surface area contributed by atoms with Crippen LogP contribution in [0.3, 0.4) is 0 Å². The Hall–Kier alpha value is -1.65. The maximum atomic E-state index is 12.3. The molecule has 0 saturated heterocycles. The highest BCUT2D eigenvalue weighted by molar-refractivity contribution is 6.35. The number of carbonyl (C=O) groups is 1. The zero-order chi connectivity index (χ0) is 14.2. The van der Waals surface area contributed by atoms with Crippen molar-refractivity contribution in [2.24, 2.45) is 0 Å². The predicted octanol–water partition coefficient (Wildman–Crippen LogP) is 2.53. The summed E-state index contributed by atoms with van der Waals surface area (Å²) >= 11 is 6.19. The van der Waals surface area contributed by atoms with Gasteiger partial charge in [-0.2, -0.15) is 0 Å². The molecule has 1 saturated carbocycles. The number of hydrogen-bond donors (Lipinski definition) is 2. The zero-order valence-electron chi connectivity index (χ0n) is 10.9. The molecule has 3 rings (SSSR count). The van der Waals surface area contributed by atoms with Crippen molar-refractivity contribution < 1.29 is 9.90 Å². The van der Waals surface area contributed by atoms with E-state index in [0.29, 0.717) is 10.5 Å². The molecule has 4 nitrogen and oxygen atoms in total. The molecule has 1 heterocycles. The Morgan fingerprint density at radius 1 is 1.40 bits per heavy atom. The third-order valence-electron chi connectivity index (χ3n) is 3.89. The Balaban J connectivity index is 1.92. The minimum atomic E-state index is -0.475. The molecule has 104 valence electrons. The maximum absolute atomic E-state index is 12.3. The van der Waals surface area contributed by atoms with Gasteiger partial charge in [0.2, 0.25) is 0 Å². The molecule has 1 fully saturated rings. The van der Waals surface area contributed by atoms with Crippen molar-refractivity contribution in [1.82, 2.24) is 10.3 Å². The Morgan fingerprint density at radius 3 is 2.80 bits per heavy atom. The SMILES string of the molecule is O=C(NC1(CO)CCC1)c1cc(Cl)c2ccccc2n1. The van der Waals surface area contributed by atoms with Gasteiger partial charge in [0.25, 0.3) is 5.91 Å². The molecule has 0 atom stereocenters. The largest absolute Gasteiger partial charge is 0.394 e. The number of carbonyl (C=O) groups excluding carboxylic acids is 1. The number of benzene rings is 1. The van der Waals surface area contributed by atoms with E-state index in [-0.39, 0.29) is 18.2 Å². The van der Waals surface area contributed by atoms with E-state index in [1.807, 2.05) is 24.3 Å². The average molecular weight is 291 g/mol. The first-order valence-corrected chi connectivity index (χ1v) is 7.00. The number of hydrogen-bond acceptors (Lipinski definition) is 3. The summed E-state index contributed by atoms with van der Waals surface area (Å²) in [4.78, 5) is 16.6. The van der Waals surface area contributed by atoms with Crippen LogP contribution < -0.4 is 5.32 Å². The van der Waals surface area contributed by atoms with Gasteiger partial charge in [-0.3, -0.25) is 4.79 Å². The second-order valence-electron chi connectivity index (χ2n) is 5.25. The van der Waals surface area contributed by atoms with E-state index in [1.165, 1.54) is 0 Å². The molecule has 0 aliphatic heterocycles. The smallest absolute Gasteiger partial charge is 0.270 e. The summed E-state index contributed by atoms with van der Waals surface area (Å²) in [5.41, 5.74) is 0.502. The molecule has 20 heavy (non-hydrogen) atoms. The number of para-hydroxylation sites is 1. The standard InChI is InChI=1S/C15H15ClN2O2/c16-11-8-13(17-12-5-2-1-4-10(11)12)14(20)18-15(9-19)6-3-7-15/h1-2,4-5,8,19H,3,6-7,9H2,(H,18,20). The van der Waals surface area contributed by atoms with Crippen LogP contribution in [-0.4, -0.2) is 28.1 Å². The van der Waals surface area contributed by atoms with Crippen LogP contribution in [0.5, 0.6) is 0 Å². The zero-order valence-corrected chi connectivity index (χ0v) is 11.7. The molecule has 0 radical (unpaired) electrons. The lowest BCUT2D eigenvalue weighted by Gasteiger charge is -2.40. The topological polar surface area (TPSA) is 62.2 Å². The van der Waals surface area contributed by atoms with Crippen LogP contribution in [0.2, 0.25) is 5.02 Å². The lowest BCUT2D eigenvalue weighted by molar-refractivity contribution is 0.0638. The van der Waals surface area contributed by atoms with Crippen molar-refractivity contribution in [3.63, 3.8) is 0 Å². The molecule has 1 aromatic heterocycles. The number of nitrogens with zero attached hydrogens (tertiary/aromatic N) is 1. The molecule has 2 aromatic rings. The van der Waals surface area contributed by atoms with Gasteiger partial charge in [-0.15, -0.1) is 0 Å². The van der Waals surface area contributed by atoms with Crippen molar-refractivity contribution in [2.45, 2.75) is 24.8 Å². The van der Waals surface area contributed by atoms with E-state index < -0.39 is 5.54 Å². The van der Waals surface area contributed by atoms with Gasteiger partial charge in [0, 0.05) is 5.39 Å². The maximum Gasteiger partial charge on any atom is 0.270 e. The molecule has 0 bridgehead atoms. The number of amides is 1. The normalized spacial score (nSPS) is 16.7. The third kappa shape index (κ3) is 2.25. The van der Waals surface area contributed by atoms with Crippen LogP contribution in [0.1, 0.15) is 29.8 Å². The summed E-state index contributed by atoms with van der Waals surface area (Å²) in [5, 5.41) is 13.6. The average Bonchev–Trinajstić information content (AvgIpc) is 2.42. The van der Waals surface area contributed by atoms with E-state index in [2.05, 4.69) is 10.3 Å². The third-order valence-corrected chi connectivity index (χ3v) is 4.20. The summed E-state index contributed by atoms with van der Waals surface area (Å²) in [6.07, 6.45) is 2.62. The lowest BCUT2D eigenvalue weighted by atomic mass is 9.77. The van der Waals surface area contributed by atoms with Crippen LogP contribution in [0.25, 0.3) is 10.9 Å². The number of rotatable bonds is 3.